The summed E-state index contributed by atoms with van der Waals surface area (Å²) in [6.07, 6.45) is 1.17. The SMILES string of the molecule is CCCC(C(=O)OC)N(N)C(=O)C(C)c1ccc2cc(OC)ccc2c1. The lowest BCUT2D eigenvalue weighted by Crippen LogP contribution is -2.51. The van der Waals surface area contributed by atoms with Gasteiger partial charge in [0.15, 0.2) is 0 Å². The van der Waals surface area contributed by atoms with Gasteiger partial charge in [0.25, 0.3) is 0 Å². The maximum Gasteiger partial charge on any atom is 0.330 e. The third-order valence-corrected chi connectivity index (χ3v) is 4.57. The Morgan fingerprint density at radius 1 is 1.12 bits per heavy atom. The lowest BCUT2D eigenvalue weighted by atomic mass is 9.96. The quantitative estimate of drug-likeness (QED) is 0.356. The van der Waals surface area contributed by atoms with E-state index in [0.717, 1.165) is 27.1 Å². The zero-order valence-electron chi connectivity index (χ0n) is 15.7. The van der Waals surface area contributed by atoms with E-state index in [9.17, 15) is 9.59 Å². The first kappa shape index (κ1) is 19.7. The van der Waals surface area contributed by atoms with Crippen molar-refractivity contribution < 1.29 is 19.1 Å². The molecule has 0 bridgehead atoms. The van der Waals surface area contributed by atoms with Crippen LogP contribution in [-0.4, -0.2) is 37.1 Å². The van der Waals surface area contributed by atoms with Crippen molar-refractivity contribution in [1.82, 2.24) is 5.01 Å². The van der Waals surface area contributed by atoms with Crippen molar-refractivity contribution in [3.05, 3.63) is 42.0 Å². The Bertz CT molecular complexity index is 790. The number of hydrazine groups is 1. The van der Waals surface area contributed by atoms with E-state index in [2.05, 4.69) is 0 Å². The number of carbonyl (C=O) groups excluding carboxylic acids is 2. The molecule has 0 heterocycles. The highest BCUT2D eigenvalue weighted by atomic mass is 16.5. The monoisotopic (exact) mass is 358 g/mol. The van der Waals surface area contributed by atoms with E-state index in [-0.39, 0.29) is 5.91 Å². The lowest BCUT2D eigenvalue weighted by molar-refractivity contribution is -0.154. The van der Waals surface area contributed by atoms with Crippen LogP contribution in [0.3, 0.4) is 0 Å². The minimum absolute atomic E-state index is 0.318. The fourth-order valence-corrected chi connectivity index (χ4v) is 2.94. The summed E-state index contributed by atoms with van der Waals surface area (Å²) in [5.41, 5.74) is 0.836. The largest absolute Gasteiger partial charge is 0.497 e. The molecular formula is C20H26N2O4. The molecule has 2 rings (SSSR count). The fraction of sp³-hybridized carbons (Fsp3) is 0.400. The number of rotatable bonds is 7. The summed E-state index contributed by atoms with van der Waals surface area (Å²) in [5.74, 6) is 5.47. The number of methoxy groups -OCH3 is 2. The first-order valence-corrected chi connectivity index (χ1v) is 8.66. The number of nitrogens with two attached hydrogens (primary N) is 1. The summed E-state index contributed by atoms with van der Waals surface area (Å²) >= 11 is 0. The van der Waals surface area contributed by atoms with Gasteiger partial charge in [0.1, 0.15) is 11.8 Å². The molecule has 1 amide bonds. The van der Waals surface area contributed by atoms with Crippen LogP contribution >= 0.6 is 0 Å². The summed E-state index contributed by atoms with van der Waals surface area (Å²) < 4.78 is 10.0. The summed E-state index contributed by atoms with van der Waals surface area (Å²) in [5, 5.41) is 3.04. The number of amides is 1. The number of nitrogens with zero attached hydrogens (tertiary/aromatic N) is 1. The minimum atomic E-state index is -0.773. The molecule has 0 aromatic heterocycles. The third-order valence-electron chi connectivity index (χ3n) is 4.57. The highest BCUT2D eigenvalue weighted by molar-refractivity contribution is 5.90. The summed E-state index contributed by atoms with van der Waals surface area (Å²) in [4.78, 5) is 24.7. The van der Waals surface area contributed by atoms with E-state index in [4.69, 9.17) is 15.3 Å². The molecule has 26 heavy (non-hydrogen) atoms. The van der Waals surface area contributed by atoms with E-state index < -0.39 is 17.9 Å². The smallest absolute Gasteiger partial charge is 0.330 e. The van der Waals surface area contributed by atoms with Gasteiger partial charge in [0.2, 0.25) is 5.91 Å². The van der Waals surface area contributed by atoms with Gasteiger partial charge in [-0.1, -0.05) is 37.6 Å². The van der Waals surface area contributed by atoms with Crippen molar-refractivity contribution in [3.63, 3.8) is 0 Å². The number of benzene rings is 2. The van der Waals surface area contributed by atoms with Crippen molar-refractivity contribution in [3.8, 4) is 5.75 Å². The predicted octanol–water partition coefficient (Wildman–Crippen LogP) is 3.00. The summed E-state index contributed by atoms with van der Waals surface area (Å²) in [7, 11) is 2.92. The second kappa shape index (κ2) is 8.67. The third kappa shape index (κ3) is 4.14. The lowest BCUT2D eigenvalue weighted by Gasteiger charge is -2.27. The van der Waals surface area contributed by atoms with Gasteiger partial charge < -0.3 is 9.47 Å². The average Bonchev–Trinajstić information content (AvgIpc) is 2.68. The molecule has 0 saturated heterocycles. The molecule has 0 fully saturated rings. The van der Waals surface area contributed by atoms with Crippen LogP contribution in [0.1, 0.15) is 38.2 Å². The molecule has 2 atom stereocenters. The van der Waals surface area contributed by atoms with Crippen molar-refractivity contribution >= 4 is 22.6 Å². The van der Waals surface area contributed by atoms with E-state index >= 15 is 0 Å². The molecule has 0 aliphatic heterocycles. The summed E-state index contributed by atoms with van der Waals surface area (Å²) in [6.45, 7) is 3.71. The van der Waals surface area contributed by atoms with E-state index in [1.54, 1.807) is 14.0 Å². The van der Waals surface area contributed by atoms with Gasteiger partial charge in [-0.05, 0) is 41.8 Å². The van der Waals surface area contributed by atoms with Crippen molar-refractivity contribution in [2.45, 2.75) is 38.6 Å². The van der Waals surface area contributed by atoms with Crippen LogP contribution in [0.25, 0.3) is 10.8 Å². The van der Waals surface area contributed by atoms with Crippen molar-refractivity contribution in [2.24, 2.45) is 5.84 Å². The second-order valence-corrected chi connectivity index (χ2v) is 6.27. The Balaban J connectivity index is 2.25. The molecule has 2 N–H and O–H groups in total. The zero-order chi connectivity index (χ0) is 19.3. The molecule has 0 aliphatic carbocycles. The molecule has 0 radical (unpaired) electrons. The maximum atomic E-state index is 12.8. The molecule has 2 aromatic rings. The second-order valence-electron chi connectivity index (χ2n) is 6.27. The van der Waals surface area contributed by atoms with Gasteiger partial charge in [-0.15, -0.1) is 0 Å². The Kier molecular flexibility index (Phi) is 6.58. The molecule has 6 heteroatoms. The zero-order valence-corrected chi connectivity index (χ0v) is 15.7. The molecule has 0 spiro atoms. The number of ether oxygens (including phenoxy) is 2. The first-order chi connectivity index (χ1) is 12.4. The molecule has 0 saturated carbocycles. The number of fused-ring (bicyclic) bond motifs is 1. The highest BCUT2D eigenvalue weighted by Crippen LogP contribution is 2.26. The van der Waals surface area contributed by atoms with Gasteiger partial charge in [-0.25, -0.2) is 10.6 Å². The molecule has 6 nitrogen and oxygen atoms in total. The van der Waals surface area contributed by atoms with E-state index in [1.165, 1.54) is 7.11 Å². The normalized spacial score (nSPS) is 13.1. The molecule has 2 aromatic carbocycles. The molecule has 140 valence electrons. The Hall–Kier alpha value is -2.60. The van der Waals surface area contributed by atoms with Gasteiger partial charge >= 0.3 is 5.97 Å². The topological polar surface area (TPSA) is 81.9 Å². The van der Waals surface area contributed by atoms with Crippen molar-refractivity contribution in [2.75, 3.05) is 14.2 Å². The van der Waals surface area contributed by atoms with Crippen LogP contribution in [-0.2, 0) is 14.3 Å². The maximum absolute atomic E-state index is 12.8. The number of hydrogen-bond donors (Lipinski definition) is 1. The Labute approximate surface area is 153 Å². The van der Waals surface area contributed by atoms with Crippen molar-refractivity contribution in [1.29, 1.82) is 0 Å². The predicted molar refractivity (Wildman–Crippen MR) is 101 cm³/mol. The van der Waals surface area contributed by atoms with Gasteiger partial charge in [0, 0.05) is 0 Å². The Morgan fingerprint density at radius 2 is 1.77 bits per heavy atom. The summed E-state index contributed by atoms with van der Waals surface area (Å²) in [6, 6.07) is 10.8. The highest BCUT2D eigenvalue weighted by Gasteiger charge is 2.31. The molecular weight excluding hydrogens is 332 g/mol. The van der Waals surface area contributed by atoms with Gasteiger partial charge in [-0.3, -0.25) is 9.80 Å². The average molecular weight is 358 g/mol. The number of hydrogen-bond acceptors (Lipinski definition) is 5. The van der Waals surface area contributed by atoms with Gasteiger partial charge in [0.05, 0.1) is 20.1 Å². The van der Waals surface area contributed by atoms with E-state index in [1.807, 2.05) is 43.3 Å². The number of carbonyl (C=O) groups is 2. The van der Waals surface area contributed by atoms with Crippen LogP contribution in [0.5, 0.6) is 5.75 Å². The van der Waals surface area contributed by atoms with Crippen LogP contribution in [0.2, 0.25) is 0 Å². The van der Waals surface area contributed by atoms with Crippen LogP contribution in [0.4, 0.5) is 0 Å². The van der Waals surface area contributed by atoms with Crippen LogP contribution < -0.4 is 10.6 Å². The number of esters is 1. The molecule has 0 aliphatic rings. The first-order valence-electron chi connectivity index (χ1n) is 8.66. The van der Waals surface area contributed by atoms with Crippen LogP contribution in [0, 0.1) is 0 Å². The standard InChI is InChI=1S/C20H26N2O4/c1-5-6-18(20(24)26-4)22(21)19(23)13(2)14-7-8-16-12-17(25-3)10-9-15(16)11-14/h7-13,18H,5-6,21H2,1-4H3. The fourth-order valence-electron chi connectivity index (χ4n) is 2.94. The van der Waals surface area contributed by atoms with Gasteiger partial charge in [-0.2, -0.15) is 0 Å². The Morgan fingerprint density at radius 3 is 2.38 bits per heavy atom. The minimum Gasteiger partial charge on any atom is -0.497 e. The van der Waals surface area contributed by atoms with Crippen LogP contribution in [0.15, 0.2) is 36.4 Å². The molecule has 2 unspecified atom stereocenters. The van der Waals surface area contributed by atoms with E-state index in [0.29, 0.717) is 12.8 Å².